The van der Waals surface area contributed by atoms with Gasteiger partial charge in [0.1, 0.15) is 18.1 Å². The van der Waals surface area contributed by atoms with Crippen molar-refractivity contribution in [2.75, 3.05) is 18.0 Å². The van der Waals surface area contributed by atoms with Crippen molar-refractivity contribution in [1.29, 1.82) is 0 Å². The number of amides is 1. The Hall–Kier alpha value is -3.39. The number of nitrogens with zero attached hydrogens (tertiary/aromatic N) is 1. The molecule has 0 aromatic heterocycles. The molecule has 1 amide bonds. The van der Waals surface area contributed by atoms with E-state index in [1.54, 1.807) is 31.2 Å². The molecule has 0 saturated carbocycles. The van der Waals surface area contributed by atoms with Crippen LogP contribution in [0.3, 0.4) is 0 Å². The van der Waals surface area contributed by atoms with Crippen molar-refractivity contribution in [3.63, 3.8) is 0 Å². The second-order valence-corrected chi connectivity index (χ2v) is 8.69. The topological polar surface area (TPSA) is 75.7 Å². The normalized spacial score (nSPS) is 12.1. The lowest BCUT2D eigenvalue weighted by atomic mass is 10.1. The second-order valence-electron chi connectivity index (χ2n) is 6.83. The molecule has 0 aliphatic rings. The standard InChI is InChI=1S/C23H23FN2O4S/c1-17(21-10-6-7-11-22(21)30-2)25-23(27)16-26(19-14-12-18(24)13-15-19)31(28,29)20-8-4-3-5-9-20/h3-15,17H,16H2,1-2H3,(H,25,27)/t17-/m1/s1. The van der Waals surface area contributed by atoms with Gasteiger partial charge in [-0.05, 0) is 49.4 Å². The quantitative estimate of drug-likeness (QED) is 0.574. The third-order valence-corrected chi connectivity index (χ3v) is 6.50. The first-order chi connectivity index (χ1) is 14.8. The van der Waals surface area contributed by atoms with Gasteiger partial charge in [-0.3, -0.25) is 9.10 Å². The van der Waals surface area contributed by atoms with Gasteiger partial charge in [0.15, 0.2) is 0 Å². The fraction of sp³-hybridized carbons (Fsp3) is 0.174. The molecular weight excluding hydrogens is 419 g/mol. The number of carbonyl (C=O) groups is 1. The number of para-hydroxylation sites is 1. The van der Waals surface area contributed by atoms with Crippen molar-refractivity contribution >= 4 is 21.6 Å². The molecule has 3 aromatic rings. The number of hydrogen-bond acceptors (Lipinski definition) is 4. The van der Waals surface area contributed by atoms with Crippen LogP contribution in [-0.2, 0) is 14.8 Å². The average molecular weight is 443 g/mol. The summed E-state index contributed by atoms with van der Waals surface area (Å²) in [6.45, 7) is 1.31. The highest BCUT2D eigenvalue weighted by molar-refractivity contribution is 7.92. The summed E-state index contributed by atoms with van der Waals surface area (Å²) in [5, 5.41) is 2.81. The molecule has 0 saturated heterocycles. The van der Waals surface area contributed by atoms with Crippen LogP contribution >= 0.6 is 0 Å². The Morgan fingerprint density at radius 2 is 1.61 bits per heavy atom. The molecule has 0 unspecified atom stereocenters. The third kappa shape index (κ3) is 5.21. The number of anilines is 1. The highest BCUT2D eigenvalue weighted by Crippen LogP contribution is 2.26. The molecule has 0 fully saturated rings. The van der Waals surface area contributed by atoms with Gasteiger partial charge in [0.25, 0.3) is 10.0 Å². The van der Waals surface area contributed by atoms with Gasteiger partial charge >= 0.3 is 0 Å². The summed E-state index contributed by atoms with van der Waals surface area (Å²) in [6, 6.07) is 19.6. The predicted molar refractivity (Wildman–Crippen MR) is 117 cm³/mol. The monoisotopic (exact) mass is 442 g/mol. The minimum absolute atomic E-state index is 0.0323. The molecule has 1 atom stereocenters. The Morgan fingerprint density at radius 3 is 2.26 bits per heavy atom. The summed E-state index contributed by atoms with van der Waals surface area (Å²) < 4.78 is 46.2. The largest absolute Gasteiger partial charge is 0.496 e. The Balaban J connectivity index is 1.88. The summed E-state index contributed by atoms with van der Waals surface area (Å²) in [7, 11) is -2.51. The number of nitrogens with one attached hydrogen (secondary N) is 1. The van der Waals surface area contributed by atoms with E-state index in [4.69, 9.17) is 4.74 Å². The van der Waals surface area contributed by atoms with Crippen LogP contribution in [0.25, 0.3) is 0 Å². The van der Waals surface area contributed by atoms with Crippen LogP contribution in [-0.4, -0.2) is 28.0 Å². The van der Waals surface area contributed by atoms with E-state index in [9.17, 15) is 17.6 Å². The van der Waals surface area contributed by atoms with Crippen molar-refractivity contribution in [3.05, 3.63) is 90.2 Å². The van der Waals surface area contributed by atoms with Crippen molar-refractivity contribution < 1.29 is 22.3 Å². The fourth-order valence-corrected chi connectivity index (χ4v) is 4.60. The summed E-state index contributed by atoms with van der Waals surface area (Å²) >= 11 is 0. The fourth-order valence-electron chi connectivity index (χ4n) is 3.16. The molecular formula is C23H23FN2O4S. The van der Waals surface area contributed by atoms with Crippen molar-refractivity contribution in [1.82, 2.24) is 5.32 Å². The molecule has 0 radical (unpaired) electrons. The van der Waals surface area contributed by atoms with Gasteiger partial charge in [0, 0.05) is 5.56 Å². The number of rotatable bonds is 8. The van der Waals surface area contributed by atoms with Gasteiger partial charge in [-0.15, -0.1) is 0 Å². The first-order valence-electron chi connectivity index (χ1n) is 9.58. The minimum Gasteiger partial charge on any atom is -0.496 e. The molecule has 0 aliphatic carbocycles. The molecule has 162 valence electrons. The van der Waals surface area contributed by atoms with Crippen LogP contribution in [0.1, 0.15) is 18.5 Å². The van der Waals surface area contributed by atoms with Crippen LogP contribution in [0.15, 0.2) is 83.8 Å². The van der Waals surface area contributed by atoms with Gasteiger partial charge in [-0.25, -0.2) is 12.8 Å². The number of methoxy groups -OCH3 is 1. The zero-order valence-electron chi connectivity index (χ0n) is 17.2. The van der Waals surface area contributed by atoms with Crippen molar-refractivity contribution in [3.8, 4) is 5.75 Å². The number of halogens is 1. The highest BCUT2D eigenvalue weighted by Gasteiger charge is 2.28. The Bertz CT molecular complexity index is 1140. The van der Waals surface area contributed by atoms with Crippen LogP contribution in [0.4, 0.5) is 10.1 Å². The van der Waals surface area contributed by atoms with E-state index in [1.165, 1.54) is 31.4 Å². The smallest absolute Gasteiger partial charge is 0.264 e. The van der Waals surface area contributed by atoms with E-state index in [0.29, 0.717) is 5.75 Å². The summed E-state index contributed by atoms with van der Waals surface area (Å²) in [4.78, 5) is 12.9. The van der Waals surface area contributed by atoms with Crippen LogP contribution in [0.5, 0.6) is 5.75 Å². The number of benzene rings is 3. The zero-order chi connectivity index (χ0) is 22.4. The summed E-state index contributed by atoms with van der Waals surface area (Å²) in [5.74, 6) is -0.403. The predicted octanol–water partition coefficient (Wildman–Crippen LogP) is 3.91. The summed E-state index contributed by atoms with van der Waals surface area (Å²) in [5.41, 5.74) is 0.947. The molecule has 1 N–H and O–H groups in total. The molecule has 31 heavy (non-hydrogen) atoms. The first kappa shape index (κ1) is 22.3. The lowest BCUT2D eigenvalue weighted by Gasteiger charge is -2.25. The molecule has 6 nitrogen and oxygen atoms in total. The lowest BCUT2D eigenvalue weighted by molar-refractivity contribution is -0.120. The average Bonchev–Trinajstić information content (AvgIpc) is 2.78. The zero-order valence-corrected chi connectivity index (χ0v) is 18.0. The van der Waals surface area contributed by atoms with Crippen LogP contribution < -0.4 is 14.4 Å². The Kier molecular flexibility index (Phi) is 6.91. The Morgan fingerprint density at radius 1 is 1.00 bits per heavy atom. The second kappa shape index (κ2) is 9.61. The molecule has 0 heterocycles. The van der Waals surface area contributed by atoms with Gasteiger partial charge in [-0.2, -0.15) is 0 Å². The van der Waals surface area contributed by atoms with Crippen LogP contribution in [0, 0.1) is 5.82 Å². The third-order valence-electron chi connectivity index (χ3n) is 4.72. The Labute approximate surface area is 181 Å². The molecule has 0 bridgehead atoms. The van der Waals surface area contributed by atoms with Gasteiger partial charge in [0.05, 0.1) is 23.7 Å². The van der Waals surface area contributed by atoms with Crippen LogP contribution in [0.2, 0.25) is 0 Å². The van der Waals surface area contributed by atoms with Gasteiger partial charge < -0.3 is 10.1 Å². The number of hydrogen-bond donors (Lipinski definition) is 1. The molecule has 0 aliphatic heterocycles. The van der Waals surface area contributed by atoms with E-state index >= 15 is 0 Å². The van der Waals surface area contributed by atoms with E-state index in [1.807, 2.05) is 18.2 Å². The van der Waals surface area contributed by atoms with Crippen molar-refractivity contribution in [2.24, 2.45) is 0 Å². The van der Waals surface area contributed by atoms with E-state index in [-0.39, 0.29) is 10.6 Å². The molecule has 0 spiro atoms. The lowest BCUT2D eigenvalue weighted by Crippen LogP contribution is -2.41. The first-order valence-corrected chi connectivity index (χ1v) is 11.0. The number of sulfonamides is 1. The maximum absolute atomic E-state index is 13.4. The maximum Gasteiger partial charge on any atom is 0.264 e. The van der Waals surface area contributed by atoms with Crippen molar-refractivity contribution in [2.45, 2.75) is 17.9 Å². The van der Waals surface area contributed by atoms with E-state index in [0.717, 1.165) is 22.0 Å². The van der Waals surface area contributed by atoms with E-state index < -0.39 is 34.3 Å². The number of carbonyl (C=O) groups excluding carboxylic acids is 1. The van der Waals surface area contributed by atoms with E-state index in [2.05, 4.69) is 5.32 Å². The number of ether oxygens (including phenoxy) is 1. The molecule has 3 aromatic carbocycles. The van der Waals surface area contributed by atoms with Gasteiger partial charge in [0.2, 0.25) is 5.91 Å². The molecule has 8 heteroatoms. The van der Waals surface area contributed by atoms with Gasteiger partial charge in [-0.1, -0.05) is 36.4 Å². The molecule has 3 rings (SSSR count). The summed E-state index contributed by atoms with van der Waals surface area (Å²) in [6.07, 6.45) is 0. The maximum atomic E-state index is 13.4. The highest BCUT2D eigenvalue weighted by atomic mass is 32.2. The SMILES string of the molecule is COc1ccccc1[C@@H](C)NC(=O)CN(c1ccc(F)cc1)S(=O)(=O)c1ccccc1. The minimum atomic E-state index is -4.05.